The summed E-state index contributed by atoms with van der Waals surface area (Å²) < 4.78 is 13.2. The van der Waals surface area contributed by atoms with Gasteiger partial charge < -0.3 is 9.80 Å². The van der Waals surface area contributed by atoms with Gasteiger partial charge in [-0.25, -0.2) is 4.39 Å². The zero-order valence-electron chi connectivity index (χ0n) is 11.4. The Balaban J connectivity index is 1.78. The minimum absolute atomic E-state index is 0.150. The summed E-state index contributed by atoms with van der Waals surface area (Å²) >= 11 is 0. The molecule has 2 rings (SSSR count). The number of piperazine rings is 1. The highest BCUT2D eigenvalue weighted by atomic mass is 19.1. The molecule has 102 valence electrons. The Kier molecular flexibility index (Phi) is 4.89. The standard InChI is InChI=1S/C15H20FN3/c1-18-7-9-19(10-8-18)6-2-3-13-4-5-15(16)14(11-13)12-17/h4-5,11H,2-3,6-10H2,1H3. The Hall–Kier alpha value is -1.44. The highest BCUT2D eigenvalue weighted by Gasteiger charge is 2.12. The Morgan fingerprint density at radius 2 is 2.00 bits per heavy atom. The molecule has 1 aromatic rings. The molecule has 0 radical (unpaired) electrons. The Bertz CT molecular complexity index is 459. The lowest BCUT2D eigenvalue weighted by Gasteiger charge is -2.32. The number of halogens is 1. The molecule has 0 atom stereocenters. The third kappa shape index (κ3) is 4.02. The normalized spacial score (nSPS) is 17.3. The van der Waals surface area contributed by atoms with E-state index in [1.807, 2.05) is 6.07 Å². The van der Waals surface area contributed by atoms with Crippen LogP contribution in [0.2, 0.25) is 0 Å². The van der Waals surface area contributed by atoms with Crippen molar-refractivity contribution >= 4 is 0 Å². The first-order valence-electron chi connectivity index (χ1n) is 6.78. The van der Waals surface area contributed by atoms with Crippen molar-refractivity contribution in [2.24, 2.45) is 0 Å². The molecule has 1 saturated heterocycles. The molecule has 19 heavy (non-hydrogen) atoms. The van der Waals surface area contributed by atoms with Gasteiger partial charge in [0.05, 0.1) is 5.56 Å². The topological polar surface area (TPSA) is 30.3 Å². The number of hydrogen-bond acceptors (Lipinski definition) is 3. The van der Waals surface area contributed by atoms with Gasteiger partial charge in [-0.15, -0.1) is 0 Å². The molecule has 0 unspecified atom stereocenters. The summed E-state index contributed by atoms with van der Waals surface area (Å²) in [7, 11) is 2.15. The molecule has 4 heteroatoms. The summed E-state index contributed by atoms with van der Waals surface area (Å²) in [6.45, 7) is 5.60. The Morgan fingerprint density at radius 1 is 1.26 bits per heavy atom. The summed E-state index contributed by atoms with van der Waals surface area (Å²) in [6, 6.07) is 6.73. The maximum Gasteiger partial charge on any atom is 0.140 e. The monoisotopic (exact) mass is 261 g/mol. The lowest BCUT2D eigenvalue weighted by Crippen LogP contribution is -2.44. The van der Waals surface area contributed by atoms with Gasteiger partial charge in [-0.1, -0.05) is 6.07 Å². The van der Waals surface area contributed by atoms with Crippen molar-refractivity contribution in [2.45, 2.75) is 12.8 Å². The third-order valence-electron chi connectivity index (χ3n) is 3.69. The van der Waals surface area contributed by atoms with E-state index in [4.69, 9.17) is 5.26 Å². The second-order valence-corrected chi connectivity index (χ2v) is 5.17. The van der Waals surface area contributed by atoms with Crippen LogP contribution in [-0.4, -0.2) is 49.6 Å². The highest BCUT2D eigenvalue weighted by molar-refractivity contribution is 5.34. The molecule has 1 fully saturated rings. The SMILES string of the molecule is CN1CCN(CCCc2ccc(F)c(C#N)c2)CC1. The molecule has 0 spiro atoms. The van der Waals surface area contributed by atoms with Crippen LogP contribution in [0, 0.1) is 17.1 Å². The van der Waals surface area contributed by atoms with E-state index in [1.165, 1.54) is 6.07 Å². The number of benzene rings is 1. The zero-order valence-corrected chi connectivity index (χ0v) is 11.4. The quantitative estimate of drug-likeness (QED) is 0.829. The van der Waals surface area contributed by atoms with Gasteiger partial charge in [-0.2, -0.15) is 5.26 Å². The maximum absolute atomic E-state index is 13.2. The van der Waals surface area contributed by atoms with Gasteiger partial charge in [0.2, 0.25) is 0 Å². The van der Waals surface area contributed by atoms with E-state index >= 15 is 0 Å². The number of rotatable bonds is 4. The van der Waals surface area contributed by atoms with Gasteiger partial charge >= 0.3 is 0 Å². The lowest BCUT2D eigenvalue weighted by molar-refractivity contribution is 0.153. The number of aryl methyl sites for hydroxylation is 1. The van der Waals surface area contributed by atoms with Crippen molar-refractivity contribution in [1.82, 2.24) is 9.80 Å². The van der Waals surface area contributed by atoms with Crippen molar-refractivity contribution in [2.75, 3.05) is 39.8 Å². The molecule has 0 aliphatic carbocycles. The fourth-order valence-corrected chi connectivity index (χ4v) is 2.39. The van der Waals surface area contributed by atoms with Gasteiger partial charge in [0.25, 0.3) is 0 Å². The van der Waals surface area contributed by atoms with Crippen molar-refractivity contribution in [3.05, 3.63) is 35.1 Å². The van der Waals surface area contributed by atoms with Crippen LogP contribution in [0.5, 0.6) is 0 Å². The zero-order chi connectivity index (χ0) is 13.7. The van der Waals surface area contributed by atoms with E-state index in [2.05, 4.69) is 16.8 Å². The predicted molar refractivity (Wildman–Crippen MR) is 73.4 cm³/mol. The summed E-state index contributed by atoms with van der Waals surface area (Å²) in [5.41, 5.74) is 1.20. The maximum atomic E-state index is 13.2. The number of nitriles is 1. The Labute approximate surface area is 114 Å². The first-order valence-corrected chi connectivity index (χ1v) is 6.78. The summed E-state index contributed by atoms with van der Waals surface area (Å²) in [5, 5.41) is 8.79. The van der Waals surface area contributed by atoms with Crippen LogP contribution in [0.4, 0.5) is 4.39 Å². The van der Waals surface area contributed by atoms with Crippen LogP contribution in [0.15, 0.2) is 18.2 Å². The van der Waals surface area contributed by atoms with Gasteiger partial charge in [0.15, 0.2) is 0 Å². The van der Waals surface area contributed by atoms with Gasteiger partial charge in [-0.3, -0.25) is 0 Å². The summed E-state index contributed by atoms with van der Waals surface area (Å²) in [4.78, 5) is 4.81. The van der Waals surface area contributed by atoms with Crippen molar-refractivity contribution < 1.29 is 4.39 Å². The lowest BCUT2D eigenvalue weighted by atomic mass is 10.1. The highest BCUT2D eigenvalue weighted by Crippen LogP contribution is 2.12. The fraction of sp³-hybridized carbons (Fsp3) is 0.533. The Morgan fingerprint density at radius 3 is 2.68 bits per heavy atom. The molecule has 0 saturated carbocycles. The summed E-state index contributed by atoms with van der Waals surface area (Å²) in [6.07, 6.45) is 1.96. The van der Waals surface area contributed by atoms with E-state index in [0.717, 1.165) is 51.1 Å². The molecular weight excluding hydrogens is 241 g/mol. The molecule has 0 aromatic heterocycles. The van der Waals surface area contributed by atoms with E-state index in [0.29, 0.717) is 0 Å². The van der Waals surface area contributed by atoms with E-state index < -0.39 is 5.82 Å². The van der Waals surface area contributed by atoms with Crippen LogP contribution in [0.3, 0.4) is 0 Å². The van der Waals surface area contributed by atoms with Gasteiger partial charge in [0.1, 0.15) is 11.9 Å². The molecule has 1 aliphatic heterocycles. The molecule has 1 aromatic carbocycles. The summed E-state index contributed by atoms with van der Waals surface area (Å²) in [5.74, 6) is -0.426. The first-order chi connectivity index (χ1) is 9.19. The van der Waals surface area contributed by atoms with Crippen LogP contribution in [0.25, 0.3) is 0 Å². The minimum atomic E-state index is -0.426. The largest absolute Gasteiger partial charge is 0.304 e. The molecule has 1 heterocycles. The minimum Gasteiger partial charge on any atom is -0.304 e. The second kappa shape index (κ2) is 6.65. The second-order valence-electron chi connectivity index (χ2n) is 5.17. The molecule has 0 bridgehead atoms. The third-order valence-corrected chi connectivity index (χ3v) is 3.69. The molecule has 1 aliphatic rings. The number of nitrogens with zero attached hydrogens (tertiary/aromatic N) is 3. The van der Waals surface area contributed by atoms with Gasteiger partial charge in [-0.05, 0) is 44.1 Å². The number of hydrogen-bond donors (Lipinski definition) is 0. The first kappa shape index (κ1) is 14.0. The molecule has 0 N–H and O–H groups in total. The fourth-order valence-electron chi connectivity index (χ4n) is 2.39. The van der Waals surface area contributed by atoms with Crippen LogP contribution >= 0.6 is 0 Å². The van der Waals surface area contributed by atoms with E-state index in [1.54, 1.807) is 12.1 Å². The van der Waals surface area contributed by atoms with E-state index in [-0.39, 0.29) is 5.56 Å². The molecule has 0 amide bonds. The van der Waals surface area contributed by atoms with E-state index in [9.17, 15) is 4.39 Å². The average Bonchev–Trinajstić information content (AvgIpc) is 2.43. The molecular formula is C15H20FN3. The van der Waals surface area contributed by atoms with Crippen LogP contribution in [0.1, 0.15) is 17.5 Å². The molecule has 3 nitrogen and oxygen atoms in total. The van der Waals surface area contributed by atoms with Crippen LogP contribution in [-0.2, 0) is 6.42 Å². The van der Waals surface area contributed by atoms with Crippen LogP contribution < -0.4 is 0 Å². The predicted octanol–water partition coefficient (Wildman–Crippen LogP) is 1.88. The number of likely N-dealkylation sites (N-methyl/N-ethyl adjacent to an activating group) is 1. The average molecular weight is 261 g/mol. The van der Waals surface area contributed by atoms with Crippen molar-refractivity contribution in [3.63, 3.8) is 0 Å². The smallest absolute Gasteiger partial charge is 0.140 e. The van der Waals surface area contributed by atoms with Crippen molar-refractivity contribution in [3.8, 4) is 6.07 Å². The van der Waals surface area contributed by atoms with Gasteiger partial charge in [0, 0.05) is 26.2 Å². The van der Waals surface area contributed by atoms with Crippen molar-refractivity contribution in [1.29, 1.82) is 5.26 Å².